The lowest BCUT2D eigenvalue weighted by Crippen LogP contribution is -2.17. The number of hydrogen-bond donors (Lipinski definition) is 0. The van der Waals surface area contributed by atoms with Crippen LogP contribution in [0.1, 0.15) is 11.1 Å². The van der Waals surface area contributed by atoms with Crippen molar-refractivity contribution in [3.05, 3.63) is 107 Å². The maximum Gasteiger partial charge on any atom is 0.285 e. The first-order valence-electron chi connectivity index (χ1n) is 9.39. The second kappa shape index (κ2) is 7.59. The van der Waals surface area contributed by atoms with E-state index in [2.05, 4.69) is 20.3 Å². The van der Waals surface area contributed by atoms with Crippen molar-refractivity contribution >= 4 is 17.2 Å². The van der Waals surface area contributed by atoms with E-state index in [4.69, 9.17) is 0 Å². The summed E-state index contributed by atoms with van der Waals surface area (Å²) in [5, 5.41) is 13.3. The highest BCUT2D eigenvalue weighted by Gasteiger charge is 2.11. The smallest absolute Gasteiger partial charge is 0.268 e. The second-order valence-electron chi connectivity index (χ2n) is 6.72. The Bertz CT molecular complexity index is 1380. The van der Waals surface area contributed by atoms with Crippen LogP contribution in [0.3, 0.4) is 0 Å². The molecule has 0 amide bonds. The average molecular weight is 395 g/mol. The van der Waals surface area contributed by atoms with Gasteiger partial charge in [0.2, 0.25) is 0 Å². The molecule has 0 spiro atoms. The molecule has 0 saturated carbocycles. The topological polar surface area (TPSA) is 82.9 Å². The van der Waals surface area contributed by atoms with Crippen LogP contribution < -0.4 is 5.56 Å². The van der Waals surface area contributed by atoms with Crippen LogP contribution in [0.25, 0.3) is 16.7 Å². The molecule has 5 rings (SSSR count). The molecule has 0 aliphatic heterocycles. The predicted octanol–water partition coefficient (Wildman–Crippen LogP) is 2.71. The van der Waals surface area contributed by atoms with Crippen LogP contribution in [0.2, 0.25) is 0 Å². The quantitative estimate of drug-likeness (QED) is 0.429. The van der Waals surface area contributed by atoms with Crippen LogP contribution in [-0.4, -0.2) is 35.4 Å². The summed E-state index contributed by atoms with van der Waals surface area (Å²) in [5.74, 6) is 0. The van der Waals surface area contributed by atoms with Gasteiger partial charge in [0, 0.05) is 11.8 Å². The molecule has 8 nitrogen and oxygen atoms in total. The van der Waals surface area contributed by atoms with Crippen molar-refractivity contribution in [2.45, 2.75) is 6.54 Å². The first-order valence-corrected chi connectivity index (χ1v) is 9.39. The molecule has 3 aromatic heterocycles. The highest BCUT2D eigenvalue weighted by Crippen LogP contribution is 2.12. The van der Waals surface area contributed by atoms with E-state index in [0.717, 1.165) is 16.8 Å². The van der Waals surface area contributed by atoms with Gasteiger partial charge in [-0.05, 0) is 17.7 Å². The third-order valence-corrected chi connectivity index (χ3v) is 4.64. The van der Waals surface area contributed by atoms with E-state index >= 15 is 0 Å². The normalized spacial score (nSPS) is 11.5. The number of rotatable bonds is 5. The summed E-state index contributed by atoms with van der Waals surface area (Å²) in [4.78, 5) is 17.2. The number of aromatic nitrogens is 6. The number of para-hydroxylation sites is 1. The van der Waals surface area contributed by atoms with E-state index in [1.54, 1.807) is 17.1 Å². The zero-order valence-electron chi connectivity index (χ0n) is 15.9. The Balaban J connectivity index is 1.40. The lowest BCUT2D eigenvalue weighted by atomic mass is 10.2. The van der Waals surface area contributed by atoms with Crippen LogP contribution >= 0.6 is 0 Å². The summed E-state index contributed by atoms with van der Waals surface area (Å²) >= 11 is 0. The standard InChI is InChI=1S/C22H17N7O/c30-22-20-13-26-29(19-9-5-2-6-10-19)21(20)23-16-28(22)25-12-18-11-24-27(15-18)14-17-7-3-1-4-8-17/h1-13,15-16H,14H2/b25-12-. The Hall–Kier alpha value is -4.33. The SMILES string of the molecule is O=c1c2cnn(-c3ccccc3)c2ncn1/N=C\c1cnn(Cc2ccccc2)c1. The fourth-order valence-electron chi connectivity index (χ4n) is 3.17. The molecule has 30 heavy (non-hydrogen) atoms. The van der Waals surface area contributed by atoms with Crippen molar-refractivity contribution in [3.8, 4) is 5.69 Å². The Labute approximate surface area is 171 Å². The molecule has 3 heterocycles. The summed E-state index contributed by atoms with van der Waals surface area (Å²) in [6.45, 7) is 0.667. The Kier molecular flexibility index (Phi) is 4.49. The molecule has 0 unspecified atom stereocenters. The highest BCUT2D eigenvalue weighted by atomic mass is 16.1. The minimum atomic E-state index is -0.282. The van der Waals surface area contributed by atoms with E-state index in [-0.39, 0.29) is 5.56 Å². The van der Waals surface area contributed by atoms with E-state index in [1.807, 2.05) is 71.5 Å². The van der Waals surface area contributed by atoms with Crippen LogP contribution in [0.15, 0.2) is 95.5 Å². The molecule has 0 fully saturated rings. The summed E-state index contributed by atoms with van der Waals surface area (Å²) in [6.07, 6.45) is 8.08. The minimum Gasteiger partial charge on any atom is -0.268 e. The van der Waals surface area contributed by atoms with Crippen LogP contribution in [0.4, 0.5) is 0 Å². The molecule has 0 aliphatic carbocycles. The monoisotopic (exact) mass is 395 g/mol. The van der Waals surface area contributed by atoms with Crippen molar-refractivity contribution in [1.29, 1.82) is 0 Å². The van der Waals surface area contributed by atoms with Gasteiger partial charge in [-0.15, -0.1) is 0 Å². The molecular weight excluding hydrogens is 378 g/mol. The van der Waals surface area contributed by atoms with E-state index in [1.165, 1.54) is 17.2 Å². The first-order chi connectivity index (χ1) is 14.8. The minimum absolute atomic E-state index is 0.282. The summed E-state index contributed by atoms with van der Waals surface area (Å²) in [6, 6.07) is 19.6. The van der Waals surface area contributed by atoms with Crippen LogP contribution in [-0.2, 0) is 6.54 Å². The van der Waals surface area contributed by atoms with Gasteiger partial charge in [-0.2, -0.15) is 20.0 Å². The molecule has 0 aliphatic rings. The van der Waals surface area contributed by atoms with Gasteiger partial charge in [-0.1, -0.05) is 48.5 Å². The van der Waals surface area contributed by atoms with Gasteiger partial charge in [-0.3, -0.25) is 9.48 Å². The lowest BCUT2D eigenvalue weighted by Gasteiger charge is -2.02. The third-order valence-electron chi connectivity index (χ3n) is 4.64. The molecule has 5 aromatic rings. The Morgan fingerprint density at radius 2 is 1.70 bits per heavy atom. The van der Waals surface area contributed by atoms with Gasteiger partial charge in [0.1, 0.15) is 11.7 Å². The number of hydrogen-bond acceptors (Lipinski definition) is 5. The summed E-state index contributed by atoms with van der Waals surface area (Å²) in [7, 11) is 0. The fourth-order valence-corrected chi connectivity index (χ4v) is 3.17. The molecule has 0 atom stereocenters. The molecule has 0 bridgehead atoms. The zero-order chi connectivity index (χ0) is 20.3. The predicted molar refractivity (Wildman–Crippen MR) is 114 cm³/mol. The third kappa shape index (κ3) is 3.42. The first kappa shape index (κ1) is 17.7. The summed E-state index contributed by atoms with van der Waals surface area (Å²) < 4.78 is 4.66. The largest absolute Gasteiger partial charge is 0.285 e. The van der Waals surface area contributed by atoms with Crippen molar-refractivity contribution in [2.75, 3.05) is 0 Å². The van der Waals surface area contributed by atoms with Crippen LogP contribution in [0, 0.1) is 0 Å². The zero-order valence-corrected chi connectivity index (χ0v) is 15.9. The van der Waals surface area contributed by atoms with Crippen LogP contribution in [0.5, 0.6) is 0 Å². The molecular formula is C22H17N7O. The average Bonchev–Trinajstić information content (AvgIpc) is 3.42. The van der Waals surface area contributed by atoms with Gasteiger partial charge in [0.15, 0.2) is 5.65 Å². The Morgan fingerprint density at radius 3 is 2.50 bits per heavy atom. The fraction of sp³-hybridized carbons (Fsp3) is 0.0455. The van der Waals surface area contributed by atoms with E-state index in [9.17, 15) is 4.79 Å². The van der Waals surface area contributed by atoms with Gasteiger partial charge >= 0.3 is 0 Å². The Morgan fingerprint density at radius 1 is 0.933 bits per heavy atom. The molecule has 0 N–H and O–H groups in total. The maximum absolute atomic E-state index is 12.8. The molecule has 8 heteroatoms. The van der Waals surface area contributed by atoms with Gasteiger partial charge in [0.05, 0.1) is 30.8 Å². The molecule has 2 aromatic carbocycles. The van der Waals surface area contributed by atoms with Crippen molar-refractivity contribution in [1.82, 2.24) is 29.2 Å². The van der Waals surface area contributed by atoms with Gasteiger partial charge < -0.3 is 0 Å². The van der Waals surface area contributed by atoms with Crippen molar-refractivity contribution < 1.29 is 0 Å². The van der Waals surface area contributed by atoms with E-state index < -0.39 is 0 Å². The molecule has 0 radical (unpaired) electrons. The number of fused-ring (bicyclic) bond motifs is 1. The number of benzene rings is 2. The summed E-state index contributed by atoms with van der Waals surface area (Å²) in [5.41, 5.74) is 3.00. The second-order valence-corrected chi connectivity index (χ2v) is 6.72. The van der Waals surface area contributed by atoms with Crippen molar-refractivity contribution in [3.63, 3.8) is 0 Å². The van der Waals surface area contributed by atoms with E-state index in [0.29, 0.717) is 17.6 Å². The van der Waals surface area contributed by atoms with Gasteiger partial charge in [0.25, 0.3) is 5.56 Å². The maximum atomic E-state index is 12.8. The lowest BCUT2D eigenvalue weighted by molar-refractivity contribution is 0.687. The van der Waals surface area contributed by atoms with Crippen molar-refractivity contribution in [2.24, 2.45) is 5.10 Å². The molecule has 0 saturated heterocycles. The molecule has 146 valence electrons. The van der Waals surface area contributed by atoms with Gasteiger partial charge in [-0.25, -0.2) is 9.67 Å². The highest BCUT2D eigenvalue weighted by molar-refractivity contribution is 5.79. The number of nitrogens with zero attached hydrogens (tertiary/aromatic N) is 7.